The number of hydrogen-bond donors (Lipinski definition) is 1. The van der Waals surface area contributed by atoms with Gasteiger partial charge in [0.05, 0.1) is 16.4 Å². The number of amides is 1. The van der Waals surface area contributed by atoms with Gasteiger partial charge >= 0.3 is 0 Å². The minimum absolute atomic E-state index is 0.0656. The van der Waals surface area contributed by atoms with Gasteiger partial charge in [-0.15, -0.1) is 0 Å². The Balaban J connectivity index is 1.46. The van der Waals surface area contributed by atoms with Crippen LogP contribution in [0.2, 0.25) is 5.02 Å². The van der Waals surface area contributed by atoms with Crippen LogP contribution in [0.3, 0.4) is 0 Å². The van der Waals surface area contributed by atoms with Crippen molar-refractivity contribution in [2.75, 3.05) is 32.1 Å². The molecule has 1 N–H and O–H groups in total. The molecular formula is C21H23BrClN5O2. The lowest BCUT2D eigenvalue weighted by Gasteiger charge is -2.20. The van der Waals surface area contributed by atoms with Crippen molar-refractivity contribution >= 4 is 44.9 Å². The quantitative estimate of drug-likeness (QED) is 0.499. The van der Waals surface area contributed by atoms with E-state index >= 15 is 0 Å². The van der Waals surface area contributed by atoms with Crippen molar-refractivity contribution in [2.24, 2.45) is 0 Å². The number of hydrogen-bond acceptors (Lipinski definition) is 5. The summed E-state index contributed by atoms with van der Waals surface area (Å²) in [6.07, 6.45) is 4.01. The molecule has 0 bridgehead atoms. The number of nitrogens with one attached hydrogen (secondary N) is 1. The van der Waals surface area contributed by atoms with Gasteiger partial charge in [-0.3, -0.25) is 4.79 Å². The van der Waals surface area contributed by atoms with E-state index in [0.29, 0.717) is 30.4 Å². The fraction of sp³-hybridized carbons (Fsp3) is 0.381. The minimum Gasteiger partial charge on any atom is -0.370 e. The Labute approximate surface area is 188 Å². The molecule has 1 aromatic carbocycles. The number of anilines is 1. The Hall–Kier alpha value is -2.16. The summed E-state index contributed by atoms with van der Waals surface area (Å²) in [6.45, 7) is 2.01. The highest BCUT2D eigenvalue weighted by Gasteiger charge is 2.26. The lowest BCUT2D eigenvalue weighted by atomic mass is 10.1. The predicted octanol–water partition coefficient (Wildman–Crippen LogP) is 4.25. The first-order valence-corrected chi connectivity index (χ1v) is 11.1. The van der Waals surface area contributed by atoms with Crippen molar-refractivity contribution in [1.82, 2.24) is 19.5 Å². The van der Waals surface area contributed by atoms with Gasteiger partial charge in [0.2, 0.25) is 0 Å². The summed E-state index contributed by atoms with van der Waals surface area (Å²) >= 11 is 9.89. The Kier molecular flexibility index (Phi) is 6.55. The van der Waals surface area contributed by atoms with Crippen LogP contribution >= 0.6 is 27.5 Å². The first-order valence-electron chi connectivity index (χ1n) is 9.94. The molecule has 3 aromatic rings. The van der Waals surface area contributed by atoms with Crippen LogP contribution in [-0.4, -0.2) is 58.3 Å². The number of nitrogens with zero attached hydrogens (tertiary/aromatic N) is 4. The molecule has 1 aliphatic rings. The van der Waals surface area contributed by atoms with Gasteiger partial charge in [0.25, 0.3) is 5.91 Å². The Morgan fingerprint density at radius 1 is 1.43 bits per heavy atom. The molecular weight excluding hydrogens is 470 g/mol. The lowest BCUT2D eigenvalue weighted by Crippen LogP contribution is -2.37. The van der Waals surface area contributed by atoms with Gasteiger partial charge in [-0.2, -0.15) is 9.61 Å². The van der Waals surface area contributed by atoms with Crippen LogP contribution in [0.5, 0.6) is 0 Å². The predicted molar refractivity (Wildman–Crippen MR) is 121 cm³/mol. The van der Waals surface area contributed by atoms with Crippen molar-refractivity contribution in [3.8, 4) is 11.3 Å². The van der Waals surface area contributed by atoms with Crippen molar-refractivity contribution in [3.05, 3.63) is 46.0 Å². The van der Waals surface area contributed by atoms with Gasteiger partial charge in [0.1, 0.15) is 11.9 Å². The molecule has 0 spiro atoms. The van der Waals surface area contributed by atoms with E-state index < -0.39 is 0 Å². The number of fused-ring (bicyclic) bond motifs is 1. The Bertz CT molecular complexity index is 1050. The third-order valence-corrected chi connectivity index (χ3v) is 6.03. The number of aromatic nitrogens is 3. The van der Waals surface area contributed by atoms with E-state index in [2.05, 4.69) is 26.3 Å². The molecule has 9 heteroatoms. The second kappa shape index (κ2) is 9.32. The van der Waals surface area contributed by atoms with E-state index in [1.165, 1.54) is 0 Å². The Morgan fingerprint density at radius 3 is 3.03 bits per heavy atom. The van der Waals surface area contributed by atoms with Gasteiger partial charge in [-0.05, 0) is 41.3 Å². The third kappa shape index (κ3) is 4.45. The molecule has 2 aromatic heterocycles. The summed E-state index contributed by atoms with van der Waals surface area (Å²) in [6, 6.07) is 9.57. The number of carbonyl (C=O) groups is 1. The molecule has 1 saturated heterocycles. The average molecular weight is 493 g/mol. The van der Waals surface area contributed by atoms with Gasteiger partial charge in [0.15, 0.2) is 5.65 Å². The largest absolute Gasteiger partial charge is 0.370 e. The van der Waals surface area contributed by atoms with Crippen LogP contribution in [0.4, 0.5) is 5.82 Å². The number of rotatable bonds is 7. The molecule has 1 unspecified atom stereocenters. The summed E-state index contributed by atoms with van der Waals surface area (Å²) in [5.41, 5.74) is 2.34. The second-order valence-electron chi connectivity index (χ2n) is 7.28. The van der Waals surface area contributed by atoms with E-state index in [1.807, 2.05) is 37.4 Å². The van der Waals surface area contributed by atoms with E-state index in [1.54, 1.807) is 15.6 Å². The first kappa shape index (κ1) is 21.1. The van der Waals surface area contributed by atoms with Gasteiger partial charge in [-0.1, -0.05) is 29.8 Å². The third-order valence-electron chi connectivity index (χ3n) is 5.14. The molecule has 1 aliphatic heterocycles. The molecule has 1 amide bonds. The fourth-order valence-electron chi connectivity index (χ4n) is 3.53. The molecule has 0 aliphatic carbocycles. The molecule has 30 heavy (non-hydrogen) atoms. The zero-order chi connectivity index (χ0) is 21.1. The number of halogens is 2. The monoisotopic (exact) mass is 491 g/mol. The average Bonchev–Trinajstić information content (AvgIpc) is 3.41. The highest BCUT2D eigenvalue weighted by Crippen LogP contribution is 2.30. The summed E-state index contributed by atoms with van der Waals surface area (Å²) in [4.78, 5) is 18.8. The van der Waals surface area contributed by atoms with Crippen LogP contribution in [0.15, 0.2) is 41.0 Å². The molecule has 0 radical (unpaired) electrons. The normalized spacial score (nSPS) is 16.2. The number of ether oxygens (including phenoxy) is 1. The fourth-order valence-corrected chi connectivity index (χ4v) is 4.11. The van der Waals surface area contributed by atoms with Crippen LogP contribution < -0.4 is 5.32 Å². The van der Waals surface area contributed by atoms with Crippen molar-refractivity contribution in [1.29, 1.82) is 0 Å². The summed E-state index contributed by atoms with van der Waals surface area (Å²) in [5.74, 6) is 0.879. The maximum atomic E-state index is 12.4. The maximum Gasteiger partial charge on any atom is 0.251 e. The van der Waals surface area contributed by atoms with Crippen LogP contribution in [0, 0.1) is 0 Å². The molecule has 3 heterocycles. The standard InChI is InChI=1S/C21H23BrClN5O2/c1-27(21(29)18-8-4-11-30-18)10-5-9-24-19-12-17(14-6-2-3-7-16(14)23)26-20-15(22)13-25-28(19)20/h2-3,6-7,12-13,18,24H,4-5,8-11H2,1H3. The first-order chi connectivity index (χ1) is 14.5. The van der Waals surface area contributed by atoms with E-state index in [-0.39, 0.29) is 12.0 Å². The molecule has 158 valence electrons. The van der Waals surface area contributed by atoms with Crippen LogP contribution in [0.25, 0.3) is 16.9 Å². The molecule has 7 nitrogen and oxygen atoms in total. The smallest absolute Gasteiger partial charge is 0.251 e. The topological polar surface area (TPSA) is 71.8 Å². The summed E-state index contributed by atoms with van der Waals surface area (Å²) < 4.78 is 8.05. The number of benzene rings is 1. The number of likely N-dealkylation sites (N-methyl/N-ethyl adjacent to an activating group) is 1. The summed E-state index contributed by atoms with van der Waals surface area (Å²) in [5, 5.41) is 8.47. The Morgan fingerprint density at radius 2 is 2.27 bits per heavy atom. The highest BCUT2D eigenvalue weighted by atomic mass is 79.9. The van der Waals surface area contributed by atoms with Crippen molar-refractivity contribution in [2.45, 2.75) is 25.4 Å². The molecule has 0 saturated carbocycles. The lowest BCUT2D eigenvalue weighted by molar-refractivity contribution is -0.139. The maximum absolute atomic E-state index is 12.4. The van der Waals surface area contributed by atoms with Crippen LogP contribution in [0.1, 0.15) is 19.3 Å². The highest BCUT2D eigenvalue weighted by molar-refractivity contribution is 9.10. The molecule has 1 fully saturated rings. The van der Waals surface area contributed by atoms with E-state index in [0.717, 1.165) is 40.8 Å². The minimum atomic E-state index is -0.276. The summed E-state index contributed by atoms with van der Waals surface area (Å²) in [7, 11) is 1.83. The number of carbonyl (C=O) groups excluding carboxylic acids is 1. The van der Waals surface area contributed by atoms with Gasteiger partial charge in [0, 0.05) is 43.4 Å². The van der Waals surface area contributed by atoms with Crippen molar-refractivity contribution in [3.63, 3.8) is 0 Å². The van der Waals surface area contributed by atoms with E-state index in [4.69, 9.17) is 21.3 Å². The second-order valence-corrected chi connectivity index (χ2v) is 8.54. The van der Waals surface area contributed by atoms with Gasteiger partial charge < -0.3 is 15.0 Å². The SMILES string of the molecule is CN(CCCNc1cc(-c2ccccc2Cl)nc2c(Br)cnn12)C(=O)C1CCCO1. The van der Waals surface area contributed by atoms with Crippen molar-refractivity contribution < 1.29 is 9.53 Å². The van der Waals surface area contributed by atoms with E-state index in [9.17, 15) is 4.79 Å². The van der Waals surface area contributed by atoms with Crippen LogP contribution in [-0.2, 0) is 9.53 Å². The zero-order valence-electron chi connectivity index (χ0n) is 16.6. The molecule has 1 atom stereocenters. The zero-order valence-corrected chi connectivity index (χ0v) is 19.0. The van der Waals surface area contributed by atoms with Gasteiger partial charge in [-0.25, -0.2) is 4.98 Å². The molecule has 4 rings (SSSR count).